The van der Waals surface area contributed by atoms with Gasteiger partial charge in [0.15, 0.2) is 5.65 Å². The molecule has 0 radical (unpaired) electrons. The summed E-state index contributed by atoms with van der Waals surface area (Å²) < 4.78 is 1.84. The van der Waals surface area contributed by atoms with Crippen LogP contribution in [0.4, 0.5) is 5.95 Å². The summed E-state index contributed by atoms with van der Waals surface area (Å²) in [5.74, 6) is 0.160. The van der Waals surface area contributed by atoms with Crippen LogP contribution in [-0.4, -0.2) is 30.6 Å². The molecule has 5 aromatic rings. The van der Waals surface area contributed by atoms with Crippen molar-refractivity contribution >= 4 is 45.3 Å². The van der Waals surface area contributed by atoms with E-state index in [2.05, 4.69) is 20.4 Å². The summed E-state index contributed by atoms with van der Waals surface area (Å²) in [5.41, 5.74) is 3.64. The number of hydrogen-bond acceptors (Lipinski definition) is 5. The van der Waals surface area contributed by atoms with Crippen LogP contribution in [0, 0.1) is 0 Å². The van der Waals surface area contributed by atoms with Gasteiger partial charge in [-0.15, -0.1) is 11.3 Å². The molecule has 0 aliphatic heterocycles. The number of nitrogens with one attached hydrogen (secondary N) is 2. The van der Waals surface area contributed by atoms with Gasteiger partial charge in [0.1, 0.15) is 0 Å². The van der Waals surface area contributed by atoms with E-state index in [1.54, 1.807) is 17.5 Å². The van der Waals surface area contributed by atoms with Crippen LogP contribution >= 0.6 is 11.3 Å². The van der Waals surface area contributed by atoms with Gasteiger partial charge in [-0.3, -0.25) is 10.1 Å². The van der Waals surface area contributed by atoms with Gasteiger partial charge in [-0.05, 0) is 43.5 Å². The fraction of sp³-hybridized carbons (Fsp3) is 0.143. The van der Waals surface area contributed by atoms with Crippen molar-refractivity contribution in [3.05, 3.63) is 59.6 Å². The van der Waals surface area contributed by atoms with Gasteiger partial charge in [0.2, 0.25) is 5.95 Å². The van der Waals surface area contributed by atoms with E-state index < -0.39 is 0 Å². The fourth-order valence-electron chi connectivity index (χ4n) is 3.32. The number of rotatable bonds is 4. The zero-order valence-electron chi connectivity index (χ0n) is 15.9. The number of aromatic nitrogens is 5. The number of H-pyrrole nitrogens is 1. The number of anilines is 1. The summed E-state index contributed by atoms with van der Waals surface area (Å²) in [6.45, 7) is 4.08. The van der Waals surface area contributed by atoms with Crippen molar-refractivity contribution in [3.8, 4) is 10.6 Å². The van der Waals surface area contributed by atoms with Crippen LogP contribution in [0.2, 0.25) is 0 Å². The molecule has 0 saturated carbocycles. The summed E-state index contributed by atoms with van der Waals surface area (Å²) in [6, 6.07) is 13.6. The Morgan fingerprint density at radius 2 is 2.03 bits per heavy atom. The highest BCUT2D eigenvalue weighted by molar-refractivity contribution is 7.13. The van der Waals surface area contributed by atoms with Crippen LogP contribution in [0.1, 0.15) is 30.2 Å². The number of fused-ring (bicyclic) bond motifs is 2. The van der Waals surface area contributed by atoms with Gasteiger partial charge in [-0.25, -0.2) is 14.6 Å². The van der Waals surface area contributed by atoms with Gasteiger partial charge in [0.05, 0.1) is 38.8 Å². The topological polar surface area (TPSA) is 88.5 Å². The summed E-state index contributed by atoms with van der Waals surface area (Å²) in [7, 11) is 0. The Kier molecular flexibility index (Phi) is 4.13. The largest absolute Gasteiger partial charge is 0.324 e. The molecule has 0 unspecified atom stereocenters. The SMILES string of the molecule is CC(C)n1ncc2c(C(=O)Nc3nc4ccccc4[nH]3)cc(-c3cccs3)nc21. The van der Waals surface area contributed by atoms with Crippen LogP contribution in [0.15, 0.2) is 54.0 Å². The minimum absolute atomic E-state index is 0.130. The molecule has 29 heavy (non-hydrogen) atoms. The molecule has 0 atom stereocenters. The number of carbonyl (C=O) groups excluding carboxylic acids is 1. The van der Waals surface area contributed by atoms with Crippen LogP contribution in [0.5, 0.6) is 0 Å². The molecule has 2 N–H and O–H groups in total. The van der Waals surface area contributed by atoms with Crippen molar-refractivity contribution in [1.82, 2.24) is 24.7 Å². The van der Waals surface area contributed by atoms with Gasteiger partial charge in [0.25, 0.3) is 5.91 Å². The van der Waals surface area contributed by atoms with Crippen molar-refractivity contribution in [1.29, 1.82) is 0 Å². The number of imidazole rings is 1. The quantitative estimate of drug-likeness (QED) is 0.449. The average Bonchev–Trinajstić information content (AvgIpc) is 3.45. The number of benzene rings is 1. The van der Waals surface area contributed by atoms with E-state index in [1.807, 2.05) is 66.4 Å². The third-order valence-corrected chi connectivity index (χ3v) is 5.59. The lowest BCUT2D eigenvalue weighted by atomic mass is 10.1. The third kappa shape index (κ3) is 3.07. The van der Waals surface area contributed by atoms with Gasteiger partial charge in [-0.2, -0.15) is 5.10 Å². The Labute approximate surface area is 170 Å². The number of nitrogens with zero attached hydrogens (tertiary/aromatic N) is 4. The summed E-state index contributed by atoms with van der Waals surface area (Å²) in [6.07, 6.45) is 1.70. The Hall–Kier alpha value is -3.52. The molecule has 7 nitrogen and oxygen atoms in total. The molecule has 144 valence electrons. The van der Waals surface area contributed by atoms with Crippen molar-refractivity contribution in [2.45, 2.75) is 19.9 Å². The molecule has 8 heteroatoms. The van der Waals surface area contributed by atoms with Crippen molar-refractivity contribution in [2.75, 3.05) is 5.32 Å². The highest BCUT2D eigenvalue weighted by Gasteiger charge is 2.19. The van der Waals surface area contributed by atoms with E-state index in [9.17, 15) is 4.79 Å². The average molecular weight is 402 g/mol. The summed E-state index contributed by atoms with van der Waals surface area (Å²) in [4.78, 5) is 26.5. The monoisotopic (exact) mass is 402 g/mol. The second kappa shape index (κ2) is 6.82. The Bertz CT molecular complexity index is 1300. The summed E-state index contributed by atoms with van der Waals surface area (Å²) >= 11 is 1.59. The number of pyridine rings is 1. The van der Waals surface area contributed by atoms with Crippen LogP contribution in [0.3, 0.4) is 0 Å². The second-order valence-electron chi connectivity index (χ2n) is 7.01. The minimum Gasteiger partial charge on any atom is -0.324 e. The molecular formula is C21H18N6OS. The van der Waals surface area contributed by atoms with E-state index >= 15 is 0 Å². The third-order valence-electron chi connectivity index (χ3n) is 4.70. The zero-order chi connectivity index (χ0) is 20.0. The maximum absolute atomic E-state index is 13.2. The van der Waals surface area contributed by atoms with Crippen LogP contribution in [0.25, 0.3) is 32.6 Å². The maximum Gasteiger partial charge on any atom is 0.258 e. The molecule has 0 aliphatic rings. The number of hydrogen-bond donors (Lipinski definition) is 2. The molecule has 0 saturated heterocycles. The van der Waals surface area contributed by atoms with Crippen molar-refractivity contribution in [2.24, 2.45) is 0 Å². The first-order valence-electron chi connectivity index (χ1n) is 9.28. The predicted octanol–water partition coefficient (Wildman–Crippen LogP) is 4.87. The molecule has 4 heterocycles. The Morgan fingerprint density at radius 3 is 2.79 bits per heavy atom. The number of amides is 1. The highest BCUT2D eigenvalue weighted by Crippen LogP contribution is 2.29. The van der Waals surface area contributed by atoms with E-state index in [-0.39, 0.29) is 11.9 Å². The lowest BCUT2D eigenvalue weighted by molar-refractivity contribution is 0.102. The van der Waals surface area contributed by atoms with Crippen molar-refractivity contribution < 1.29 is 4.79 Å². The first-order valence-corrected chi connectivity index (χ1v) is 10.2. The molecule has 5 rings (SSSR count). The van der Waals surface area contributed by atoms with Gasteiger partial charge >= 0.3 is 0 Å². The van der Waals surface area contributed by atoms with Gasteiger partial charge in [0, 0.05) is 6.04 Å². The summed E-state index contributed by atoms with van der Waals surface area (Å²) in [5, 5.41) is 10.1. The Morgan fingerprint density at radius 1 is 1.17 bits per heavy atom. The molecule has 1 amide bonds. The lowest BCUT2D eigenvalue weighted by Gasteiger charge is -2.09. The predicted molar refractivity (Wildman–Crippen MR) is 115 cm³/mol. The normalized spacial score (nSPS) is 11.6. The molecule has 0 fully saturated rings. The van der Waals surface area contributed by atoms with Gasteiger partial charge < -0.3 is 4.98 Å². The molecule has 0 spiro atoms. The first-order chi connectivity index (χ1) is 14.1. The maximum atomic E-state index is 13.2. The molecule has 0 aliphatic carbocycles. The zero-order valence-corrected chi connectivity index (χ0v) is 16.7. The Balaban J connectivity index is 1.61. The molecular weight excluding hydrogens is 384 g/mol. The van der Waals surface area contributed by atoms with E-state index in [4.69, 9.17) is 4.98 Å². The second-order valence-corrected chi connectivity index (χ2v) is 7.96. The standard InChI is InChI=1S/C21H18N6OS/c1-12(2)27-19-14(11-22-27)13(10-17(23-19)18-8-5-9-29-18)20(28)26-21-24-15-6-3-4-7-16(15)25-21/h3-12H,1-2H3,(H2,24,25,26,28). The molecule has 4 aromatic heterocycles. The first kappa shape index (κ1) is 17.6. The van der Waals surface area contributed by atoms with E-state index in [0.717, 1.165) is 21.6 Å². The fourth-order valence-corrected chi connectivity index (χ4v) is 4.01. The van der Waals surface area contributed by atoms with E-state index in [0.29, 0.717) is 22.5 Å². The van der Waals surface area contributed by atoms with E-state index in [1.165, 1.54) is 0 Å². The number of para-hydroxylation sites is 2. The van der Waals surface area contributed by atoms with Crippen LogP contribution in [-0.2, 0) is 0 Å². The smallest absolute Gasteiger partial charge is 0.258 e. The van der Waals surface area contributed by atoms with Crippen molar-refractivity contribution in [3.63, 3.8) is 0 Å². The lowest BCUT2D eigenvalue weighted by Crippen LogP contribution is -2.14. The minimum atomic E-state index is -0.252. The van der Waals surface area contributed by atoms with Crippen LogP contribution < -0.4 is 5.32 Å². The number of carbonyl (C=O) groups is 1. The van der Waals surface area contributed by atoms with Gasteiger partial charge in [-0.1, -0.05) is 18.2 Å². The number of thiophene rings is 1. The number of aromatic amines is 1. The highest BCUT2D eigenvalue weighted by atomic mass is 32.1. The molecule has 1 aromatic carbocycles. The molecule has 0 bridgehead atoms.